The average Bonchev–Trinajstić information content (AvgIpc) is 3.43. The number of benzene rings is 2. The molecule has 0 radical (unpaired) electrons. The smallest absolute Gasteiger partial charge is 0.261 e. The molecule has 2 N–H and O–H groups in total. The third-order valence-electron chi connectivity index (χ3n) is 5.62. The van der Waals surface area contributed by atoms with Crippen LogP contribution in [0.2, 0.25) is 0 Å². The normalized spacial score (nSPS) is 15.0. The Bertz CT molecular complexity index is 1100. The molecule has 1 aliphatic rings. The predicted octanol–water partition coefficient (Wildman–Crippen LogP) is 2.64. The van der Waals surface area contributed by atoms with E-state index in [2.05, 4.69) is 10.6 Å². The van der Waals surface area contributed by atoms with Crippen molar-refractivity contribution in [1.29, 1.82) is 5.26 Å². The van der Waals surface area contributed by atoms with Gasteiger partial charge in [-0.25, -0.2) is 0 Å². The number of amides is 2. The fraction of sp³-hybridized carbons (Fsp3) is 0.370. The molecular weight excluding hydrogens is 462 g/mol. The summed E-state index contributed by atoms with van der Waals surface area (Å²) in [5.74, 6) is 1.09. The number of hydrogen-bond acceptors (Lipinski definition) is 7. The Labute approximate surface area is 211 Å². The van der Waals surface area contributed by atoms with Crippen molar-refractivity contribution in [3.8, 4) is 23.3 Å². The van der Waals surface area contributed by atoms with E-state index in [4.69, 9.17) is 18.9 Å². The van der Waals surface area contributed by atoms with E-state index in [9.17, 15) is 14.9 Å². The van der Waals surface area contributed by atoms with Crippen molar-refractivity contribution in [2.24, 2.45) is 0 Å². The third-order valence-corrected chi connectivity index (χ3v) is 5.62. The second-order valence-electron chi connectivity index (χ2n) is 8.16. The largest absolute Gasteiger partial charge is 0.493 e. The van der Waals surface area contributed by atoms with Crippen molar-refractivity contribution in [2.75, 3.05) is 40.5 Å². The fourth-order valence-corrected chi connectivity index (χ4v) is 3.66. The Morgan fingerprint density at radius 1 is 1.11 bits per heavy atom. The molecule has 1 aliphatic heterocycles. The quantitative estimate of drug-likeness (QED) is 0.345. The number of hydrogen-bond donors (Lipinski definition) is 2. The maximum absolute atomic E-state index is 12.5. The molecule has 1 saturated heterocycles. The van der Waals surface area contributed by atoms with Gasteiger partial charge >= 0.3 is 0 Å². The molecular formula is C27H31N3O6. The standard InChI is InChI=1S/C27H31N3O6/c1-33-24-10-7-20(15-25(24)34-2)11-12-29-27(32)21(16-28)14-19-5-8-22(9-6-19)36-18-26(31)30-17-23-4-3-13-35-23/h5-10,14-15,23H,3-4,11-13,17-18H2,1-2H3,(H,29,32)(H,30,31)/b21-14+. The molecule has 1 unspecified atom stereocenters. The molecule has 3 rings (SSSR count). The highest BCUT2D eigenvalue weighted by Gasteiger charge is 2.16. The van der Waals surface area contributed by atoms with Gasteiger partial charge in [0.15, 0.2) is 18.1 Å². The van der Waals surface area contributed by atoms with E-state index in [1.54, 1.807) is 38.5 Å². The predicted molar refractivity (Wildman–Crippen MR) is 134 cm³/mol. The van der Waals surface area contributed by atoms with Crippen LogP contribution in [-0.4, -0.2) is 58.4 Å². The van der Waals surface area contributed by atoms with Crippen molar-refractivity contribution < 1.29 is 28.5 Å². The molecule has 1 fully saturated rings. The first kappa shape index (κ1) is 26.6. The van der Waals surface area contributed by atoms with Crippen molar-refractivity contribution in [3.63, 3.8) is 0 Å². The fourth-order valence-electron chi connectivity index (χ4n) is 3.66. The first-order valence-electron chi connectivity index (χ1n) is 11.7. The maximum atomic E-state index is 12.5. The van der Waals surface area contributed by atoms with Crippen LogP contribution in [0.4, 0.5) is 0 Å². The van der Waals surface area contributed by atoms with Gasteiger partial charge in [0, 0.05) is 19.7 Å². The van der Waals surface area contributed by atoms with E-state index in [1.165, 1.54) is 6.08 Å². The molecule has 36 heavy (non-hydrogen) atoms. The minimum absolute atomic E-state index is 0.00973. The highest BCUT2D eigenvalue weighted by molar-refractivity contribution is 6.01. The van der Waals surface area contributed by atoms with E-state index >= 15 is 0 Å². The van der Waals surface area contributed by atoms with Crippen molar-refractivity contribution in [3.05, 3.63) is 59.2 Å². The van der Waals surface area contributed by atoms with Gasteiger partial charge in [-0.15, -0.1) is 0 Å². The number of nitriles is 1. The van der Waals surface area contributed by atoms with Gasteiger partial charge in [0.05, 0.1) is 20.3 Å². The zero-order valence-electron chi connectivity index (χ0n) is 20.5. The first-order chi connectivity index (χ1) is 17.5. The molecule has 2 amide bonds. The summed E-state index contributed by atoms with van der Waals surface area (Å²) in [6.45, 7) is 1.48. The summed E-state index contributed by atoms with van der Waals surface area (Å²) in [7, 11) is 3.14. The van der Waals surface area contributed by atoms with Crippen LogP contribution in [0, 0.1) is 11.3 Å². The summed E-state index contributed by atoms with van der Waals surface area (Å²) in [5.41, 5.74) is 1.62. The lowest BCUT2D eigenvalue weighted by atomic mass is 10.1. The number of nitrogens with zero attached hydrogens (tertiary/aromatic N) is 1. The molecule has 0 aliphatic carbocycles. The van der Waals surface area contributed by atoms with Crippen LogP contribution in [0.3, 0.4) is 0 Å². The Morgan fingerprint density at radius 3 is 2.56 bits per heavy atom. The molecule has 0 bridgehead atoms. The Hall–Kier alpha value is -4.03. The summed E-state index contributed by atoms with van der Waals surface area (Å²) >= 11 is 0. The van der Waals surface area contributed by atoms with E-state index in [0.29, 0.717) is 42.3 Å². The highest BCUT2D eigenvalue weighted by atomic mass is 16.5. The van der Waals surface area contributed by atoms with Crippen LogP contribution in [0.15, 0.2) is 48.0 Å². The third kappa shape index (κ3) is 8.03. The summed E-state index contributed by atoms with van der Waals surface area (Å²) in [4.78, 5) is 24.4. The average molecular weight is 494 g/mol. The molecule has 9 nitrogen and oxygen atoms in total. The van der Waals surface area contributed by atoms with Crippen molar-refractivity contribution in [1.82, 2.24) is 10.6 Å². The van der Waals surface area contributed by atoms with E-state index in [-0.39, 0.29) is 24.2 Å². The topological polar surface area (TPSA) is 119 Å². The molecule has 0 saturated carbocycles. The minimum Gasteiger partial charge on any atom is -0.493 e. The molecule has 190 valence electrons. The van der Waals surface area contributed by atoms with Crippen molar-refractivity contribution in [2.45, 2.75) is 25.4 Å². The zero-order valence-corrected chi connectivity index (χ0v) is 20.5. The number of methoxy groups -OCH3 is 2. The Kier molecular flexibility index (Phi) is 10.2. The van der Waals surface area contributed by atoms with Gasteiger partial charge in [0.1, 0.15) is 17.4 Å². The molecule has 0 aromatic heterocycles. The van der Waals surface area contributed by atoms with Crippen LogP contribution >= 0.6 is 0 Å². The number of carbonyl (C=O) groups is 2. The summed E-state index contributed by atoms with van der Waals surface area (Å²) in [6.07, 6.45) is 4.13. The zero-order chi connectivity index (χ0) is 25.8. The van der Waals surface area contributed by atoms with E-state index in [0.717, 1.165) is 25.0 Å². The molecule has 2 aromatic rings. The van der Waals surface area contributed by atoms with Crippen LogP contribution in [-0.2, 0) is 20.7 Å². The van der Waals surface area contributed by atoms with Gasteiger partial charge in [0.2, 0.25) is 0 Å². The van der Waals surface area contributed by atoms with Gasteiger partial charge in [0.25, 0.3) is 11.8 Å². The Morgan fingerprint density at radius 2 is 1.89 bits per heavy atom. The van der Waals surface area contributed by atoms with Gasteiger partial charge < -0.3 is 29.6 Å². The second kappa shape index (κ2) is 13.8. The number of carbonyl (C=O) groups excluding carboxylic acids is 2. The van der Waals surface area contributed by atoms with Crippen LogP contribution < -0.4 is 24.8 Å². The first-order valence-corrected chi connectivity index (χ1v) is 11.7. The lowest BCUT2D eigenvalue weighted by Gasteiger charge is -2.11. The van der Waals surface area contributed by atoms with Gasteiger partial charge in [-0.1, -0.05) is 18.2 Å². The Balaban J connectivity index is 1.46. The van der Waals surface area contributed by atoms with Crippen molar-refractivity contribution >= 4 is 17.9 Å². The highest BCUT2D eigenvalue weighted by Crippen LogP contribution is 2.27. The van der Waals surface area contributed by atoms with Gasteiger partial charge in [-0.2, -0.15) is 5.26 Å². The number of rotatable bonds is 12. The summed E-state index contributed by atoms with van der Waals surface area (Å²) in [6, 6.07) is 14.3. The summed E-state index contributed by atoms with van der Waals surface area (Å²) < 4.78 is 21.5. The molecule has 0 spiro atoms. The van der Waals surface area contributed by atoms with E-state index in [1.807, 2.05) is 24.3 Å². The van der Waals surface area contributed by atoms with Crippen LogP contribution in [0.1, 0.15) is 24.0 Å². The van der Waals surface area contributed by atoms with Gasteiger partial charge in [-0.05, 0) is 60.7 Å². The second-order valence-corrected chi connectivity index (χ2v) is 8.16. The lowest BCUT2D eigenvalue weighted by molar-refractivity contribution is -0.123. The number of ether oxygens (including phenoxy) is 4. The van der Waals surface area contributed by atoms with Crippen LogP contribution in [0.5, 0.6) is 17.2 Å². The molecule has 1 atom stereocenters. The molecule has 2 aromatic carbocycles. The van der Waals surface area contributed by atoms with Crippen LogP contribution in [0.25, 0.3) is 6.08 Å². The minimum atomic E-state index is -0.457. The molecule has 9 heteroatoms. The number of nitrogens with one attached hydrogen (secondary N) is 2. The molecule has 1 heterocycles. The van der Waals surface area contributed by atoms with Gasteiger partial charge in [-0.3, -0.25) is 9.59 Å². The SMILES string of the molecule is COc1ccc(CCNC(=O)/C(C#N)=C/c2ccc(OCC(=O)NCC3CCCO3)cc2)cc1OC. The lowest BCUT2D eigenvalue weighted by Crippen LogP contribution is -2.35. The maximum Gasteiger partial charge on any atom is 0.261 e. The monoisotopic (exact) mass is 493 g/mol. The summed E-state index contributed by atoms with van der Waals surface area (Å²) in [5, 5.41) is 15.0. The van der Waals surface area contributed by atoms with E-state index < -0.39 is 5.91 Å².